The van der Waals surface area contributed by atoms with Gasteiger partial charge in [0.2, 0.25) is 0 Å². The molecule has 0 atom stereocenters. The Morgan fingerprint density at radius 2 is 0.594 bits per heavy atom. The third-order valence-corrected chi connectivity index (χ3v) is 8.67. The van der Waals surface area contributed by atoms with E-state index in [1.807, 2.05) is 0 Å². The van der Waals surface area contributed by atoms with Crippen molar-refractivity contribution in [3.05, 3.63) is 83.9 Å². The second kappa shape index (κ2) is 4.49. The summed E-state index contributed by atoms with van der Waals surface area (Å²) in [6.07, 6.45) is 2.30. The molecule has 0 bridgehead atoms. The first-order chi connectivity index (χ1) is 15.9. The fourth-order valence-corrected chi connectivity index (χ4v) is 7.49. The lowest BCUT2D eigenvalue weighted by Gasteiger charge is -2.27. The average Bonchev–Trinajstić information content (AvgIpc) is 2.85. The van der Waals surface area contributed by atoms with Crippen molar-refractivity contribution >= 4 is 86.2 Å². The summed E-state index contributed by atoms with van der Waals surface area (Å²) in [5, 5.41) is 23.2. The molecule has 0 saturated carbocycles. The van der Waals surface area contributed by atoms with E-state index < -0.39 is 0 Å². The smallest absolute Gasteiger partial charge is 0.000105 e. The van der Waals surface area contributed by atoms with Crippen LogP contribution < -0.4 is 0 Å². The third-order valence-electron chi connectivity index (χ3n) is 8.67. The van der Waals surface area contributed by atoms with Gasteiger partial charge in [-0.15, -0.1) is 0 Å². The molecule has 10 rings (SSSR count). The molecule has 0 spiro atoms. The van der Waals surface area contributed by atoms with Gasteiger partial charge in [0.25, 0.3) is 0 Å². The number of hydrogen-bond donors (Lipinski definition) is 0. The van der Waals surface area contributed by atoms with Gasteiger partial charge in [0.1, 0.15) is 0 Å². The SMILES string of the molecule is c1cc2cc3ccc4ccc5ccc6cc7ccc8c9c(c1CC8)c2c1c3c4c5c6c1c79. The van der Waals surface area contributed by atoms with Gasteiger partial charge in [0.05, 0.1) is 0 Å². The Hall–Kier alpha value is -3.90. The second-order valence-corrected chi connectivity index (χ2v) is 9.99. The van der Waals surface area contributed by atoms with Gasteiger partial charge in [0, 0.05) is 0 Å². The maximum atomic E-state index is 2.44. The van der Waals surface area contributed by atoms with E-state index >= 15 is 0 Å². The van der Waals surface area contributed by atoms with Gasteiger partial charge >= 0.3 is 0 Å². The summed E-state index contributed by atoms with van der Waals surface area (Å²) < 4.78 is 0. The van der Waals surface area contributed by atoms with E-state index in [2.05, 4.69) is 72.8 Å². The molecular formula is C32H16. The van der Waals surface area contributed by atoms with Crippen molar-refractivity contribution in [3.8, 4) is 0 Å². The maximum absolute atomic E-state index is 2.44. The molecule has 1 aliphatic carbocycles. The van der Waals surface area contributed by atoms with Gasteiger partial charge in [-0.05, 0) is 122 Å². The van der Waals surface area contributed by atoms with Crippen LogP contribution in [0.4, 0.5) is 0 Å². The topological polar surface area (TPSA) is 0 Å². The first kappa shape index (κ1) is 15.0. The van der Waals surface area contributed by atoms with Gasteiger partial charge in [0.15, 0.2) is 0 Å². The Kier molecular flexibility index (Phi) is 2.11. The molecule has 0 amide bonds. The van der Waals surface area contributed by atoms with Crippen LogP contribution in [0.25, 0.3) is 86.2 Å². The molecule has 0 heterocycles. The van der Waals surface area contributed by atoms with Crippen molar-refractivity contribution in [1.82, 2.24) is 0 Å². The highest BCUT2D eigenvalue weighted by atomic mass is 14.3. The quantitative estimate of drug-likeness (QED) is 0.176. The summed E-state index contributed by atoms with van der Waals surface area (Å²) in [6.45, 7) is 0. The summed E-state index contributed by atoms with van der Waals surface area (Å²) in [4.78, 5) is 0. The van der Waals surface area contributed by atoms with Crippen LogP contribution >= 0.6 is 0 Å². The molecule has 0 fully saturated rings. The van der Waals surface area contributed by atoms with E-state index in [9.17, 15) is 0 Å². The minimum atomic E-state index is 1.15. The van der Waals surface area contributed by atoms with Crippen LogP contribution in [-0.2, 0) is 12.8 Å². The Morgan fingerprint density at radius 1 is 0.281 bits per heavy atom. The molecule has 0 nitrogen and oxygen atoms in total. The van der Waals surface area contributed by atoms with Crippen LogP contribution in [0.5, 0.6) is 0 Å². The molecule has 144 valence electrons. The number of benzene rings is 9. The predicted molar refractivity (Wildman–Crippen MR) is 139 cm³/mol. The molecule has 1 aliphatic rings. The lowest BCUT2D eigenvalue weighted by Crippen LogP contribution is -2.04. The van der Waals surface area contributed by atoms with Crippen LogP contribution in [0.2, 0.25) is 0 Å². The molecule has 9 aromatic carbocycles. The molecule has 0 aromatic heterocycles. The monoisotopic (exact) mass is 400 g/mol. The number of hydrogen-bond acceptors (Lipinski definition) is 0. The molecule has 0 saturated heterocycles. The maximum Gasteiger partial charge on any atom is -0.000105 e. The second-order valence-electron chi connectivity index (χ2n) is 9.99. The number of rotatable bonds is 0. The summed E-state index contributed by atoms with van der Waals surface area (Å²) in [7, 11) is 0. The predicted octanol–water partition coefficient (Wildman–Crippen LogP) is 8.76. The van der Waals surface area contributed by atoms with E-state index in [1.165, 1.54) is 97.3 Å². The van der Waals surface area contributed by atoms with Crippen molar-refractivity contribution in [2.75, 3.05) is 0 Å². The molecule has 32 heavy (non-hydrogen) atoms. The van der Waals surface area contributed by atoms with Crippen molar-refractivity contribution in [3.63, 3.8) is 0 Å². The van der Waals surface area contributed by atoms with Crippen LogP contribution in [0, 0.1) is 0 Å². The van der Waals surface area contributed by atoms with Gasteiger partial charge in [-0.2, -0.15) is 0 Å². The Morgan fingerprint density at radius 3 is 1.03 bits per heavy atom. The highest BCUT2D eigenvalue weighted by molar-refractivity contribution is 6.51. The summed E-state index contributed by atoms with van der Waals surface area (Å²) in [5.74, 6) is 0. The molecular weight excluding hydrogens is 384 g/mol. The molecule has 0 radical (unpaired) electrons. The van der Waals surface area contributed by atoms with E-state index in [0.29, 0.717) is 0 Å². The Bertz CT molecular complexity index is 2070. The van der Waals surface area contributed by atoms with Crippen molar-refractivity contribution in [1.29, 1.82) is 0 Å². The zero-order valence-corrected chi connectivity index (χ0v) is 17.3. The minimum Gasteiger partial charge on any atom is -0.0578 e. The van der Waals surface area contributed by atoms with Crippen LogP contribution in [-0.4, -0.2) is 0 Å². The highest BCUT2D eigenvalue weighted by Crippen LogP contribution is 2.54. The van der Waals surface area contributed by atoms with Gasteiger partial charge in [-0.1, -0.05) is 60.7 Å². The largest absolute Gasteiger partial charge is 0.0578 e. The Balaban J connectivity index is 1.80. The van der Waals surface area contributed by atoms with Crippen molar-refractivity contribution < 1.29 is 0 Å². The lowest BCUT2D eigenvalue weighted by atomic mass is 9.75. The normalized spacial score (nSPS) is 14.6. The fraction of sp³-hybridized carbons (Fsp3) is 0.0625. The minimum absolute atomic E-state index is 1.15. The molecule has 9 aromatic rings. The third kappa shape index (κ3) is 1.36. The van der Waals surface area contributed by atoms with E-state index in [4.69, 9.17) is 0 Å². The number of aryl methyl sites for hydroxylation is 2. The molecule has 0 heteroatoms. The fourth-order valence-electron chi connectivity index (χ4n) is 7.49. The highest BCUT2D eigenvalue weighted by Gasteiger charge is 2.27. The Labute approximate surface area is 183 Å². The first-order valence-electron chi connectivity index (χ1n) is 11.7. The van der Waals surface area contributed by atoms with Gasteiger partial charge in [-0.25, -0.2) is 0 Å². The summed E-state index contributed by atoms with van der Waals surface area (Å²) >= 11 is 0. The van der Waals surface area contributed by atoms with Gasteiger partial charge < -0.3 is 0 Å². The van der Waals surface area contributed by atoms with Crippen LogP contribution in [0.15, 0.2) is 72.8 Å². The summed E-state index contributed by atoms with van der Waals surface area (Å²) in [5.41, 5.74) is 3.06. The summed E-state index contributed by atoms with van der Waals surface area (Å²) in [6, 6.07) is 28.4. The van der Waals surface area contributed by atoms with E-state index in [1.54, 1.807) is 0 Å². The molecule has 0 N–H and O–H groups in total. The first-order valence-corrected chi connectivity index (χ1v) is 11.7. The van der Waals surface area contributed by atoms with Crippen LogP contribution in [0.1, 0.15) is 11.1 Å². The van der Waals surface area contributed by atoms with E-state index in [-0.39, 0.29) is 0 Å². The van der Waals surface area contributed by atoms with Crippen LogP contribution in [0.3, 0.4) is 0 Å². The van der Waals surface area contributed by atoms with Gasteiger partial charge in [-0.3, -0.25) is 0 Å². The lowest BCUT2D eigenvalue weighted by molar-refractivity contribution is 0.969. The van der Waals surface area contributed by atoms with Crippen molar-refractivity contribution in [2.45, 2.75) is 12.8 Å². The molecule has 0 aliphatic heterocycles. The molecule has 0 unspecified atom stereocenters. The zero-order valence-electron chi connectivity index (χ0n) is 17.3. The standard InChI is InChI=1S/C32H16/c1-2-16-6-10-20-14-22-12-8-18-4-3-17-7-11-21-13-19-9-5-15(1)23-24(16)28(20)32-30(22)26(18)25(17)29(21)31(32)27(19)23/h1-2,5-14H,3-4H2. The average molecular weight is 400 g/mol. The van der Waals surface area contributed by atoms with Crippen molar-refractivity contribution in [2.24, 2.45) is 0 Å². The van der Waals surface area contributed by atoms with E-state index in [0.717, 1.165) is 12.8 Å². The zero-order chi connectivity index (χ0) is 20.3.